The largest absolute Gasteiger partial charge is 0.462 e. The van der Waals surface area contributed by atoms with Gasteiger partial charge in [0.2, 0.25) is 0 Å². The van der Waals surface area contributed by atoms with E-state index in [2.05, 4.69) is 35.5 Å². The van der Waals surface area contributed by atoms with Crippen molar-refractivity contribution in [2.75, 3.05) is 0 Å². The Kier molecular flexibility index (Phi) is 6.39. The number of nitrogens with zero attached hydrogens (tertiary/aromatic N) is 2. The number of aliphatic hydroxyl groups excluding tert-OH is 1. The molecule has 0 aliphatic carbocycles. The van der Waals surface area contributed by atoms with Crippen LogP contribution >= 0.6 is 0 Å². The summed E-state index contributed by atoms with van der Waals surface area (Å²) in [5.74, 6) is -0.407. The van der Waals surface area contributed by atoms with Gasteiger partial charge in [-0.3, -0.25) is 9.78 Å². The molecule has 0 bridgehead atoms. The van der Waals surface area contributed by atoms with E-state index in [1.54, 1.807) is 12.1 Å². The zero-order chi connectivity index (χ0) is 24.5. The second-order valence-electron chi connectivity index (χ2n) is 9.56. The molecular formula is C29H29FN2O3. The molecule has 1 aliphatic heterocycles. The van der Waals surface area contributed by atoms with E-state index in [9.17, 15) is 14.3 Å². The highest BCUT2D eigenvalue weighted by molar-refractivity contribution is 5.88. The Bertz CT molecular complexity index is 1360. The molecule has 0 unspecified atom stereocenters. The minimum atomic E-state index is -0.661. The summed E-state index contributed by atoms with van der Waals surface area (Å²) in [7, 11) is 0. The first-order chi connectivity index (χ1) is 16.9. The number of aromatic nitrogens is 2. The summed E-state index contributed by atoms with van der Waals surface area (Å²) in [6.45, 7) is 4.89. The molecule has 0 spiro atoms. The van der Waals surface area contributed by atoms with Crippen LogP contribution in [0, 0.1) is 5.82 Å². The average molecular weight is 473 g/mol. The Labute approximate surface area is 204 Å². The van der Waals surface area contributed by atoms with Crippen molar-refractivity contribution in [1.82, 2.24) is 9.55 Å². The summed E-state index contributed by atoms with van der Waals surface area (Å²) in [5.41, 5.74) is 5.97. The van der Waals surface area contributed by atoms with Gasteiger partial charge in [0.15, 0.2) is 0 Å². The van der Waals surface area contributed by atoms with Crippen LogP contribution in [-0.2, 0) is 16.1 Å². The molecule has 5 nitrogen and oxygen atoms in total. The number of aliphatic hydroxyl groups is 1. The van der Waals surface area contributed by atoms with Crippen LogP contribution in [0.15, 0.2) is 66.9 Å². The number of halogens is 1. The standard InChI is InChI=1S/C29H29FN2O3/c1-18(2)27-16-25(21-13-20-5-3-4-6-26(20)31-17-21)29(19-7-9-22(30)10-8-19)32(27)12-11-24-14-23(33)15-28(34)35-24/h3-10,13,16-18,23-24,33H,11-12,14-15H2,1-2H3/t23-,24-/m1/s1. The summed E-state index contributed by atoms with van der Waals surface area (Å²) in [6.07, 6.45) is 1.97. The molecule has 1 aliphatic rings. The molecular weight excluding hydrogens is 443 g/mol. The Hall–Kier alpha value is -3.51. The van der Waals surface area contributed by atoms with Gasteiger partial charge in [0.05, 0.1) is 23.7 Å². The highest BCUT2D eigenvalue weighted by Gasteiger charge is 2.28. The molecule has 0 radical (unpaired) electrons. The second kappa shape index (κ2) is 9.62. The van der Waals surface area contributed by atoms with Crippen molar-refractivity contribution in [3.05, 3.63) is 78.4 Å². The lowest BCUT2D eigenvalue weighted by Crippen LogP contribution is -2.33. The van der Waals surface area contributed by atoms with E-state index in [0.29, 0.717) is 19.4 Å². The molecule has 180 valence electrons. The molecule has 1 saturated heterocycles. The number of benzene rings is 2. The Balaban J connectivity index is 1.62. The summed E-state index contributed by atoms with van der Waals surface area (Å²) in [5, 5.41) is 11.1. The molecule has 2 atom stereocenters. The lowest BCUT2D eigenvalue weighted by molar-refractivity contribution is -0.160. The van der Waals surface area contributed by atoms with Gasteiger partial charge in [-0.1, -0.05) is 32.0 Å². The highest BCUT2D eigenvalue weighted by Crippen LogP contribution is 2.39. The Morgan fingerprint density at radius 2 is 1.89 bits per heavy atom. The van der Waals surface area contributed by atoms with Crippen LogP contribution in [-0.4, -0.2) is 32.8 Å². The third-order valence-corrected chi connectivity index (χ3v) is 6.65. The maximum absolute atomic E-state index is 13.8. The molecule has 2 aromatic heterocycles. The van der Waals surface area contributed by atoms with Crippen molar-refractivity contribution in [2.45, 2.75) is 57.8 Å². The number of hydrogen-bond donors (Lipinski definition) is 1. The van der Waals surface area contributed by atoms with Crippen LogP contribution < -0.4 is 0 Å². The highest BCUT2D eigenvalue weighted by atomic mass is 19.1. The van der Waals surface area contributed by atoms with Gasteiger partial charge in [-0.2, -0.15) is 0 Å². The normalized spacial score (nSPS) is 18.3. The van der Waals surface area contributed by atoms with Gasteiger partial charge in [0.25, 0.3) is 0 Å². The Morgan fingerprint density at radius 3 is 2.63 bits per heavy atom. The van der Waals surface area contributed by atoms with Gasteiger partial charge in [-0.05, 0) is 53.9 Å². The van der Waals surface area contributed by atoms with Crippen molar-refractivity contribution in [1.29, 1.82) is 0 Å². The monoisotopic (exact) mass is 472 g/mol. The number of esters is 1. The predicted octanol–water partition coefficient (Wildman–Crippen LogP) is 6.09. The van der Waals surface area contributed by atoms with E-state index in [1.165, 1.54) is 12.1 Å². The lowest BCUT2D eigenvalue weighted by Gasteiger charge is -2.27. The van der Waals surface area contributed by atoms with Crippen molar-refractivity contribution in [2.24, 2.45) is 0 Å². The van der Waals surface area contributed by atoms with E-state index < -0.39 is 6.10 Å². The summed E-state index contributed by atoms with van der Waals surface area (Å²) >= 11 is 0. The zero-order valence-corrected chi connectivity index (χ0v) is 19.9. The van der Waals surface area contributed by atoms with Gasteiger partial charge >= 0.3 is 5.97 Å². The van der Waals surface area contributed by atoms with Gasteiger partial charge in [-0.25, -0.2) is 4.39 Å². The minimum absolute atomic E-state index is 0.0528. The van der Waals surface area contributed by atoms with E-state index >= 15 is 0 Å². The quantitative estimate of drug-likeness (QED) is 0.345. The fourth-order valence-electron chi connectivity index (χ4n) is 4.96. The molecule has 1 N–H and O–H groups in total. The number of fused-ring (bicyclic) bond motifs is 1. The van der Waals surface area contributed by atoms with E-state index in [4.69, 9.17) is 4.74 Å². The molecule has 2 aromatic carbocycles. The fourth-order valence-corrected chi connectivity index (χ4v) is 4.96. The fraction of sp³-hybridized carbons (Fsp3) is 0.310. The maximum Gasteiger partial charge on any atom is 0.308 e. The molecule has 0 amide bonds. The molecule has 5 rings (SSSR count). The molecule has 35 heavy (non-hydrogen) atoms. The van der Waals surface area contributed by atoms with Crippen molar-refractivity contribution >= 4 is 16.9 Å². The molecule has 1 fully saturated rings. The van der Waals surface area contributed by atoms with E-state index in [-0.39, 0.29) is 30.2 Å². The first-order valence-electron chi connectivity index (χ1n) is 12.1. The SMILES string of the molecule is CC(C)c1cc(-c2cnc3ccccc3c2)c(-c2ccc(F)cc2)n1CC[C@@H]1C[C@@H](O)CC(=O)O1. The van der Waals surface area contributed by atoms with Gasteiger partial charge < -0.3 is 14.4 Å². The van der Waals surface area contributed by atoms with Gasteiger partial charge in [0.1, 0.15) is 11.9 Å². The number of rotatable bonds is 6. The first-order valence-corrected chi connectivity index (χ1v) is 12.1. The zero-order valence-electron chi connectivity index (χ0n) is 19.9. The van der Waals surface area contributed by atoms with Gasteiger partial charge in [0, 0.05) is 47.8 Å². The smallest absolute Gasteiger partial charge is 0.308 e. The number of para-hydroxylation sites is 1. The average Bonchev–Trinajstić information content (AvgIpc) is 3.22. The first kappa shape index (κ1) is 23.2. The van der Waals surface area contributed by atoms with E-state index in [0.717, 1.165) is 39.0 Å². The summed E-state index contributed by atoms with van der Waals surface area (Å²) in [6, 6.07) is 18.9. The van der Waals surface area contributed by atoms with Crippen LogP contribution in [0.3, 0.4) is 0 Å². The van der Waals surface area contributed by atoms with Crippen molar-refractivity contribution in [3.8, 4) is 22.4 Å². The van der Waals surface area contributed by atoms with Crippen LogP contribution in [0.4, 0.5) is 4.39 Å². The topological polar surface area (TPSA) is 64.3 Å². The third kappa shape index (κ3) is 4.84. The summed E-state index contributed by atoms with van der Waals surface area (Å²) in [4.78, 5) is 16.5. The number of carbonyl (C=O) groups excluding carboxylic acids is 1. The molecule has 4 aromatic rings. The minimum Gasteiger partial charge on any atom is -0.462 e. The predicted molar refractivity (Wildman–Crippen MR) is 134 cm³/mol. The molecule has 3 heterocycles. The third-order valence-electron chi connectivity index (χ3n) is 6.65. The van der Waals surface area contributed by atoms with Crippen LogP contribution in [0.1, 0.15) is 44.7 Å². The van der Waals surface area contributed by atoms with Crippen LogP contribution in [0.2, 0.25) is 0 Å². The molecule has 0 saturated carbocycles. The van der Waals surface area contributed by atoms with Crippen LogP contribution in [0.25, 0.3) is 33.3 Å². The van der Waals surface area contributed by atoms with Crippen molar-refractivity contribution < 1.29 is 19.0 Å². The lowest BCUT2D eigenvalue weighted by atomic mass is 10.0. The number of pyridine rings is 1. The number of carbonyl (C=O) groups is 1. The maximum atomic E-state index is 13.8. The number of hydrogen-bond acceptors (Lipinski definition) is 4. The number of cyclic esters (lactones) is 1. The summed E-state index contributed by atoms with van der Waals surface area (Å²) < 4.78 is 21.6. The second-order valence-corrected chi connectivity index (χ2v) is 9.56. The van der Waals surface area contributed by atoms with Gasteiger partial charge in [-0.15, -0.1) is 0 Å². The Morgan fingerprint density at radius 1 is 1.11 bits per heavy atom. The molecule has 6 heteroatoms. The number of ether oxygens (including phenoxy) is 1. The van der Waals surface area contributed by atoms with Crippen molar-refractivity contribution in [3.63, 3.8) is 0 Å². The van der Waals surface area contributed by atoms with E-state index in [1.807, 2.05) is 30.5 Å². The van der Waals surface area contributed by atoms with Crippen LogP contribution in [0.5, 0.6) is 0 Å².